The number of rotatable bonds is 4. The van der Waals surface area contributed by atoms with Crippen molar-refractivity contribution in [2.24, 2.45) is 0 Å². The van der Waals surface area contributed by atoms with Crippen molar-refractivity contribution >= 4 is 15.9 Å². The molecule has 0 bridgehead atoms. The first-order valence-electron chi connectivity index (χ1n) is 6.16. The minimum absolute atomic E-state index is 0.194. The second-order valence-corrected chi connectivity index (χ2v) is 5.18. The Labute approximate surface area is 123 Å². The van der Waals surface area contributed by atoms with E-state index in [9.17, 15) is 13.2 Å². The maximum Gasteiger partial charge on any atom is 0.128 e. The Hall–Kier alpha value is -1.33. The maximum atomic E-state index is 13.9. The SMILES string of the molecule is CCNC(c1cc(F)ccc1F)c1ccc(F)cc1Br. The van der Waals surface area contributed by atoms with Crippen molar-refractivity contribution in [1.29, 1.82) is 0 Å². The number of nitrogens with one attached hydrogen (secondary N) is 1. The van der Waals surface area contributed by atoms with Crippen molar-refractivity contribution in [2.45, 2.75) is 13.0 Å². The van der Waals surface area contributed by atoms with Crippen LogP contribution in [0.4, 0.5) is 13.2 Å². The maximum absolute atomic E-state index is 13.9. The number of halogens is 4. The molecule has 0 aromatic heterocycles. The van der Waals surface area contributed by atoms with E-state index in [-0.39, 0.29) is 5.56 Å². The minimum atomic E-state index is -0.550. The Kier molecular flexibility index (Phi) is 4.83. The molecule has 1 unspecified atom stereocenters. The number of hydrogen-bond donors (Lipinski definition) is 1. The third-order valence-corrected chi connectivity index (χ3v) is 3.64. The average Bonchev–Trinajstić information content (AvgIpc) is 2.40. The summed E-state index contributed by atoms with van der Waals surface area (Å²) in [4.78, 5) is 0. The van der Waals surface area contributed by atoms with Crippen LogP contribution in [0.2, 0.25) is 0 Å². The zero-order valence-electron chi connectivity index (χ0n) is 10.8. The largest absolute Gasteiger partial charge is 0.306 e. The molecule has 0 fully saturated rings. The van der Waals surface area contributed by atoms with Crippen molar-refractivity contribution < 1.29 is 13.2 Å². The molecule has 106 valence electrons. The van der Waals surface area contributed by atoms with Gasteiger partial charge in [-0.2, -0.15) is 0 Å². The van der Waals surface area contributed by atoms with Crippen molar-refractivity contribution in [2.75, 3.05) is 6.54 Å². The van der Waals surface area contributed by atoms with Crippen LogP contribution in [0.25, 0.3) is 0 Å². The van der Waals surface area contributed by atoms with E-state index in [1.165, 1.54) is 12.1 Å². The lowest BCUT2D eigenvalue weighted by Gasteiger charge is -2.21. The van der Waals surface area contributed by atoms with Crippen LogP contribution in [0.5, 0.6) is 0 Å². The summed E-state index contributed by atoms with van der Waals surface area (Å²) >= 11 is 3.26. The molecule has 0 aliphatic carbocycles. The van der Waals surface area contributed by atoms with Crippen LogP contribution in [0.1, 0.15) is 24.1 Å². The zero-order chi connectivity index (χ0) is 14.7. The van der Waals surface area contributed by atoms with E-state index in [2.05, 4.69) is 21.2 Å². The van der Waals surface area contributed by atoms with E-state index < -0.39 is 23.5 Å². The fourth-order valence-electron chi connectivity index (χ4n) is 2.06. The van der Waals surface area contributed by atoms with Gasteiger partial charge < -0.3 is 5.32 Å². The van der Waals surface area contributed by atoms with E-state index in [1.54, 1.807) is 6.07 Å². The molecule has 0 amide bonds. The minimum Gasteiger partial charge on any atom is -0.306 e. The molecule has 2 aromatic carbocycles. The molecule has 0 saturated carbocycles. The molecule has 2 aromatic rings. The Morgan fingerprint density at radius 3 is 2.30 bits per heavy atom. The predicted octanol–water partition coefficient (Wildman–Crippen LogP) is 4.57. The lowest BCUT2D eigenvalue weighted by Crippen LogP contribution is -2.23. The topological polar surface area (TPSA) is 12.0 Å². The van der Waals surface area contributed by atoms with Crippen molar-refractivity contribution in [3.8, 4) is 0 Å². The predicted molar refractivity (Wildman–Crippen MR) is 76.0 cm³/mol. The van der Waals surface area contributed by atoms with Gasteiger partial charge in [0.1, 0.15) is 17.5 Å². The first-order valence-corrected chi connectivity index (χ1v) is 6.95. The molecule has 0 aliphatic heterocycles. The highest BCUT2D eigenvalue weighted by atomic mass is 79.9. The fourth-order valence-corrected chi connectivity index (χ4v) is 2.64. The summed E-state index contributed by atoms with van der Waals surface area (Å²) in [6.07, 6.45) is 0. The zero-order valence-corrected chi connectivity index (χ0v) is 12.3. The highest BCUT2D eigenvalue weighted by molar-refractivity contribution is 9.10. The average molecular weight is 344 g/mol. The van der Waals surface area contributed by atoms with Crippen molar-refractivity contribution in [3.63, 3.8) is 0 Å². The highest BCUT2D eigenvalue weighted by Gasteiger charge is 2.20. The summed E-state index contributed by atoms with van der Waals surface area (Å²) < 4.78 is 41.0. The molecular formula is C15H13BrF3N. The molecule has 2 rings (SSSR count). The summed E-state index contributed by atoms with van der Waals surface area (Å²) in [5, 5.41) is 3.08. The first-order chi connectivity index (χ1) is 9.52. The van der Waals surface area contributed by atoms with Gasteiger partial charge in [-0.15, -0.1) is 0 Å². The van der Waals surface area contributed by atoms with Crippen LogP contribution >= 0.6 is 15.9 Å². The quantitative estimate of drug-likeness (QED) is 0.857. The van der Waals surface area contributed by atoms with Gasteiger partial charge in [0.05, 0.1) is 6.04 Å². The van der Waals surface area contributed by atoms with Gasteiger partial charge in [-0.05, 0) is 42.4 Å². The van der Waals surface area contributed by atoms with Gasteiger partial charge in [-0.3, -0.25) is 0 Å². The van der Waals surface area contributed by atoms with Crippen LogP contribution in [0.15, 0.2) is 40.9 Å². The van der Waals surface area contributed by atoms with E-state index in [4.69, 9.17) is 0 Å². The van der Waals surface area contributed by atoms with Crippen LogP contribution in [-0.4, -0.2) is 6.54 Å². The summed E-state index contributed by atoms with van der Waals surface area (Å²) in [5.41, 5.74) is 0.844. The molecule has 1 atom stereocenters. The highest BCUT2D eigenvalue weighted by Crippen LogP contribution is 2.31. The van der Waals surface area contributed by atoms with E-state index in [0.717, 1.165) is 18.2 Å². The smallest absolute Gasteiger partial charge is 0.128 e. The number of benzene rings is 2. The molecule has 0 heterocycles. The van der Waals surface area contributed by atoms with Gasteiger partial charge in [-0.25, -0.2) is 13.2 Å². The van der Waals surface area contributed by atoms with E-state index >= 15 is 0 Å². The van der Waals surface area contributed by atoms with Gasteiger partial charge in [0.2, 0.25) is 0 Å². The monoisotopic (exact) mass is 343 g/mol. The van der Waals surface area contributed by atoms with Gasteiger partial charge in [0.15, 0.2) is 0 Å². The van der Waals surface area contributed by atoms with Gasteiger partial charge in [-0.1, -0.05) is 28.9 Å². The van der Waals surface area contributed by atoms with Crippen LogP contribution in [-0.2, 0) is 0 Å². The third kappa shape index (κ3) is 3.22. The van der Waals surface area contributed by atoms with Crippen molar-refractivity contribution in [3.05, 3.63) is 69.4 Å². The summed E-state index contributed by atoms with van der Waals surface area (Å²) in [5.74, 6) is -1.41. The molecule has 0 radical (unpaired) electrons. The Morgan fingerprint density at radius 2 is 1.65 bits per heavy atom. The third-order valence-electron chi connectivity index (χ3n) is 2.95. The van der Waals surface area contributed by atoms with Gasteiger partial charge >= 0.3 is 0 Å². The van der Waals surface area contributed by atoms with Crippen molar-refractivity contribution in [1.82, 2.24) is 5.32 Å². The molecule has 5 heteroatoms. The molecule has 0 spiro atoms. The fraction of sp³-hybridized carbons (Fsp3) is 0.200. The molecule has 1 N–H and O–H groups in total. The summed E-state index contributed by atoms with van der Waals surface area (Å²) in [6, 6.07) is 6.91. The normalized spacial score (nSPS) is 12.4. The molecule has 0 aliphatic rings. The molecular weight excluding hydrogens is 331 g/mol. The molecule has 0 saturated heterocycles. The lowest BCUT2D eigenvalue weighted by molar-refractivity contribution is 0.543. The Balaban J connectivity index is 2.53. The standard InChI is InChI=1S/C15H13BrF3N/c1-2-20-15(11-5-3-10(18)8-13(11)16)12-7-9(17)4-6-14(12)19/h3-8,15,20H,2H2,1H3. The first kappa shape index (κ1) is 15.1. The second-order valence-electron chi connectivity index (χ2n) is 4.32. The Bertz CT molecular complexity index is 616. The van der Waals surface area contributed by atoms with Crippen LogP contribution in [0.3, 0.4) is 0 Å². The lowest BCUT2D eigenvalue weighted by atomic mass is 9.98. The Morgan fingerprint density at radius 1 is 1.00 bits per heavy atom. The number of hydrogen-bond acceptors (Lipinski definition) is 1. The van der Waals surface area contributed by atoms with Crippen LogP contribution in [0, 0.1) is 17.5 Å². The van der Waals surface area contributed by atoms with Gasteiger partial charge in [0.25, 0.3) is 0 Å². The second kappa shape index (κ2) is 6.41. The molecule has 20 heavy (non-hydrogen) atoms. The molecule has 1 nitrogen and oxygen atoms in total. The van der Waals surface area contributed by atoms with E-state index in [1.807, 2.05) is 6.92 Å². The van der Waals surface area contributed by atoms with Crippen LogP contribution < -0.4 is 5.32 Å². The summed E-state index contributed by atoms with van der Waals surface area (Å²) in [7, 11) is 0. The van der Waals surface area contributed by atoms with E-state index in [0.29, 0.717) is 16.6 Å². The summed E-state index contributed by atoms with van der Waals surface area (Å²) in [6.45, 7) is 2.42. The van der Waals surface area contributed by atoms with Gasteiger partial charge in [0, 0.05) is 10.0 Å².